The summed E-state index contributed by atoms with van der Waals surface area (Å²) in [4.78, 5) is 22.4. The molecule has 3 aromatic rings. The summed E-state index contributed by atoms with van der Waals surface area (Å²) in [6.45, 7) is 1.64. The van der Waals surface area contributed by atoms with Gasteiger partial charge in [0.15, 0.2) is 0 Å². The second kappa shape index (κ2) is 7.60. The number of fused-ring (bicyclic) bond motifs is 1. The average Bonchev–Trinajstić information content (AvgIpc) is 3.36. The molecule has 11 heteroatoms. The van der Waals surface area contributed by atoms with Crippen LogP contribution in [0.25, 0.3) is 11.6 Å². The topological polar surface area (TPSA) is 124 Å². The predicted octanol–water partition coefficient (Wildman–Crippen LogP) is 4.62. The van der Waals surface area contributed by atoms with Gasteiger partial charge in [-0.2, -0.15) is 0 Å². The molecule has 31 heavy (non-hydrogen) atoms. The van der Waals surface area contributed by atoms with E-state index >= 15 is 0 Å². The molecule has 1 aliphatic heterocycles. The number of hydrogen-bond acceptors (Lipinski definition) is 7. The van der Waals surface area contributed by atoms with Gasteiger partial charge in [-0.1, -0.05) is 23.8 Å². The lowest BCUT2D eigenvalue weighted by Crippen LogP contribution is -2.29. The van der Waals surface area contributed by atoms with Crippen LogP contribution < -0.4 is 4.31 Å². The van der Waals surface area contributed by atoms with Crippen LogP contribution in [0.2, 0.25) is 0 Å². The number of sulfonamides is 1. The van der Waals surface area contributed by atoms with Crippen molar-refractivity contribution in [2.45, 2.75) is 11.8 Å². The molecule has 158 valence electrons. The molecule has 0 radical (unpaired) electrons. The monoisotopic (exact) mass is 457 g/mol. The van der Waals surface area contributed by atoms with Crippen LogP contribution in [0.4, 0.5) is 17.1 Å². The number of hydrogen-bond donors (Lipinski definition) is 0. The van der Waals surface area contributed by atoms with Gasteiger partial charge in [0.05, 0.1) is 38.6 Å². The van der Waals surface area contributed by atoms with E-state index in [4.69, 9.17) is 0 Å². The van der Waals surface area contributed by atoms with E-state index in [2.05, 4.69) is 0 Å². The lowest BCUT2D eigenvalue weighted by molar-refractivity contribution is -0.394. The van der Waals surface area contributed by atoms with Crippen LogP contribution in [0.1, 0.15) is 16.0 Å². The van der Waals surface area contributed by atoms with Crippen molar-refractivity contribution < 1.29 is 18.3 Å². The molecule has 0 fully saturated rings. The van der Waals surface area contributed by atoms with Crippen molar-refractivity contribution in [1.29, 1.82) is 0 Å². The van der Waals surface area contributed by atoms with E-state index in [1.807, 2.05) is 12.3 Å². The molecular weight excluding hydrogens is 442 g/mol. The number of anilines is 1. The van der Waals surface area contributed by atoms with Gasteiger partial charge in [0.25, 0.3) is 21.4 Å². The number of rotatable bonds is 5. The van der Waals surface area contributed by atoms with Crippen LogP contribution >= 0.6 is 11.3 Å². The highest BCUT2D eigenvalue weighted by Gasteiger charge is 2.40. The Balaban J connectivity index is 1.97. The molecule has 0 atom stereocenters. The zero-order valence-corrected chi connectivity index (χ0v) is 17.7. The number of non-ortho nitro benzene ring substituents is 1. The van der Waals surface area contributed by atoms with Gasteiger partial charge in [-0.3, -0.25) is 24.5 Å². The van der Waals surface area contributed by atoms with Crippen LogP contribution in [0.5, 0.6) is 0 Å². The van der Waals surface area contributed by atoms with Crippen molar-refractivity contribution in [1.82, 2.24) is 0 Å². The molecule has 0 saturated carbocycles. The van der Waals surface area contributed by atoms with E-state index in [9.17, 15) is 28.6 Å². The van der Waals surface area contributed by atoms with E-state index in [0.29, 0.717) is 5.57 Å². The SMILES string of the molecule is Cc1ccc(S(=O)(=O)N2CC(=Cc3cccs3)c3c2cc([N+](=O)[O-])cc3[N+](=O)[O-])cc1. The first-order valence-electron chi connectivity index (χ1n) is 8.99. The van der Waals surface area contributed by atoms with E-state index in [0.717, 1.165) is 26.9 Å². The van der Waals surface area contributed by atoms with E-state index in [1.165, 1.54) is 23.5 Å². The van der Waals surface area contributed by atoms with Gasteiger partial charge >= 0.3 is 0 Å². The summed E-state index contributed by atoms with van der Waals surface area (Å²) in [5.74, 6) is 0. The smallest absolute Gasteiger partial charge is 0.261 e. The minimum absolute atomic E-state index is 0.00409. The van der Waals surface area contributed by atoms with Gasteiger partial charge in [-0.05, 0) is 42.2 Å². The Morgan fingerprint density at radius 1 is 1.06 bits per heavy atom. The third kappa shape index (κ3) is 3.68. The Labute approximate surface area is 181 Å². The predicted molar refractivity (Wildman–Crippen MR) is 118 cm³/mol. The molecule has 4 rings (SSSR count). The minimum Gasteiger partial charge on any atom is -0.261 e. The molecule has 0 amide bonds. The molecule has 0 saturated heterocycles. The normalized spacial score (nSPS) is 14.6. The van der Waals surface area contributed by atoms with Crippen molar-refractivity contribution in [3.8, 4) is 0 Å². The van der Waals surface area contributed by atoms with Gasteiger partial charge in [0.2, 0.25) is 0 Å². The highest BCUT2D eigenvalue weighted by molar-refractivity contribution is 7.92. The molecule has 1 aromatic heterocycles. The summed E-state index contributed by atoms with van der Waals surface area (Å²) in [5.41, 5.74) is 0.199. The van der Waals surface area contributed by atoms with Crippen LogP contribution in [0.3, 0.4) is 0 Å². The van der Waals surface area contributed by atoms with Crippen molar-refractivity contribution in [2.75, 3.05) is 10.8 Å². The van der Waals surface area contributed by atoms with E-state index < -0.39 is 31.2 Å². The summed E-state index contributed by atoms with van der Waals surface area (Å²) in [6.07, 6.45) is 1.67. The Morgan fingerprint density at radius 2 is 1.77 bits per heavy atom. The second-order valence-corrected chi connectivity index (χ2v) is 9.72. The number of nitro groups is 2. The third-order valence-electron chi connectivity index (χ3n) is 4.86. The first-order valence-corrected chi connectivity index (χ1v) is 11.3. The Bertz CT molecular complexity index is 1330. The fourth-order valence-electron chi connectivity index (χ4n) is 3.41. The van der Waals surface area contributed by atoms with Gasteiger partial charge < -0.3 is 0 Å². The minimum atomic E-state index is -4.11. The van der Waals surface area contributed by atoms with Crippen LogP contribution in [0, 0.1) is 27.2 Å². The van der Waals surface area contributed by atoms with Crippen molar-refractivity contribution in [3.05, 3.63) is 90.1 Å². The quantitative estimate of drug-likeness (QED) is 0.407. The maximum atomic E-state index is 13.4. The highest BCUT2D eigenvalue weighted by Crippen LogP contribution is 2.47. The molecule has 2 aromatic carbocycles. The molecule has 1 aliphatic rings. The summed E-state index contributed by atoms with van der Waals surface area (Å²) < 4.78 is 27.8. The first-order chi connectivity index (χ1) is 14.7. The zero-order valence-electron chi connectivity index (χ0n) is 16.1. The van der Waals surface area contributed by atoms with Crippen molar-refractivity contribution >= 4 is 50.1 Å². The second-order valence-electron chi connectivity index (χ2n) is 6.88. The summed E-state index contributed by atoms with van der Waals surface area (Å²) in [7, 11) is -4.11. The van der Waals surface area contributed by atoms with Crippen molar-refractivity contribution in [2.24, 2.45) is 0 Å². The van der Waals surface area contributed by atoms with Crippen molar-refractivity contribution in [3.63, 3.8) is 0 Å². The fraction of sp³-hybridized carbons (Fsp3) is 0.100. The number of nitro benzene ring substituents is 2. The average molecular weight is 457 g/mol. The molecule has 0 aliphatic carbocycles. The Kier molecular flexibility index (Phi) is 5.07. The Hall–Kier alpha value is -3.57. The Morgan fingerprint density at radius 3 is 2.35 bits per heavy atom. The van der Waals surface area contributed by atoms with Gasteiger partial charge in [0.1, 0.15) is 0 Å². The standard InChI is InChI=1S/C20H15N3O6S2/c1-13-4-6-17(7-5-13)31(28,29)21-12-14(9-16-3-2-8-30-16)20-18(21)10-15(22(24)25)11-19(20)23(26)27/h2-11H,12H2,1H3. The lowest BCUT2D eigenvalue weighted by atomic mass is 10.0. The van der Waals surface area contributed by atoms with Gasteiger partial charge in [0, 0.05) is 10.9 Å². The maximum Gasteiger partial charge on any atom is 0.285 e. The number of thiophene rings is 1. The molecule has 0 bridgehead atoms. The van der Waals surface area contributed by atoms with Crippen LogP contribution in [-0.2, 0) is 10.0 Å². The molecule has 2 heterocycles. The largest absolute Gasteiger partial charge is 0.285 e. The number of aryl methyl sites for hydroxylation is 1. The lowest BCUT2D eigenvalue weighted by Gasteiger charge is -2.19. The highest BCUT2D eigenvalue weighted by atomic mass is 32.2. The molecule has 0 spiro atoms. The number of benzene rings is 2. The van der Waals surface area contributed by atoms with Crippen LogP contribution in [0.15, 0.2) is 58.8 Å². The summed E-state index contributed by atoms with van der Waals surface area (Å²) in [6, 6.07) is 11.7. The molecule has 9 nitrogen and oxygen atoms in total. The summed E-state index contributed by atoms with van der Waals surface area (Å²) >= 11 is 1.39. The van der Waals surface area contributed by atoms with Crippen LogP contribution in [-0.4, -0.2) is 24.8 Å². The summed E-state index contributed by atoms with van der Waals surface area (Å²) in [5, 5.41) is 24.9. The molecule has 0 N–H and O–H groups in total. The van der Waals surface area contributed by atoms with Gasteiger partial charge in [-0.25, -0.2) is 8.42 Å². The fourth-order valence-corrected chi connectivity index (χ4v) is 5.53. The first kappa shape index (κ1) is 20.7. The molecular formula is C20H15N3O6S2. The van der Waals surface area contributed by atoms with Gasteiger partial charge in [-0.15, -0.1) is 11.3 Å². The zero-order chi connectivity index (χ0) is 22.3. The number of nitrogens with zero attached hydrogens (tertiary/aromatic N) is 3. The van der Waals surface area contributed by atoms with E-state index in [1.54, 1.807) is 30.3 Å². The van der Waals surface area contributed by atoms with E-state index in [-0.39, 0.29) is 22.7 Å². The third-order valence-corrected chi connectivity index (χ3v) is 7.45. The molecule has 0 unspecified atom stereocenters. The maximum absolute atomic E-state index is 13.4.